The number of phenolic OH excluding ortho intramolecular Hbond substituents is 1. The maximum atomic E-state index is 10.6. The molecule has 4 aromatic carbocycles. The van der Waals surface area contributed by atoms with E-state index in [0.717, 1.165) is 10.0 Å². The Labute approximate surface area is 219 Å². The Kier molecular flexibility index (Phi) is 6.79. The van der Waals surface area contributed by atoms with E-state index in [4.69, 9.17) is 20.8 Å². The van der Waals surface area contributed by atoms with E-state index in [1.807, 2.05) is 36.4 Å². The maximum Gasteiger partial charge on any atom is 0.227 e. The minimum absolute atomic E-state index is 0.0467. The number of hydrogen-bond acceptors (Lipinski definition) is 7. The van der Waals surface area contributed by atoms with E-state index in [2.05, 4.69) is 36.1 Å². The normalized spacial score (nSPS) is 11.6. The number of rotatable bonds is 6. The van der Waals surface area contributed by atoms with Crippen LogP contribution in [0.1, 0.15) is 5.56 Å². The summed E-state index contributed by atoms with van der Waals surface area (Å²) in [5, 5.41) is 19.7. The molecule has 0 spiro atoms. The first-order valence-corrected chi connectivity index (χ1v) is 11.9. The molecule has 0 radical (unpaired) electrons. The second-order valence-electron chi connectivity index (χ2n) is 7.70. The van der Waals surface area contributed by atoms with Crippen molar-refractivity contribution in [3.63, 3.8) is 0 Å². The van der Waals surface area contributed by atoms with E-state index < -0.39 is 0 Å². The Balaban J connectivity index is 1.43. The number of aromatic hydroxyl groups is 1. The van der Waals surface area contributed by atoms with Gasteiger partial charge in [0.25, 0.3) is 0 Å². The summed E-state index contributed by atoms with van der Waals surface area (Å²) in [6, 6.07) is 23.4. The Morgan fingerprint density at radius 3 is 2.50 bits per heavy atom. The topological polar surface area (TPSA) is 92.6 Å². The highest BCUT2D eigenvalue weighted by molar-refractivity contribution is 9.10. The number of phenols is 1. The summed E-state index contributed by atoms with van der Waals surface area (Å²) in [6.07, 6.45) is 1.54. The minimum Gasteiger partial charge on any atom is -0.504 e. The highest BCUT2D eigenvalue weighted by Gasteiger charge is 2.11. The van der Waals surface area contributed by atoms with E-state index in [-0.39, 0.29) is 11.5 Å². The first-order valence-electron chi connectivity index (χ1n) is 10.8. The van der Waals surface area contributed by atoms with Gasteiger partial charge in [-0.3, -0.25) is 4.99 Å². The van der Waals surface area contributed by atoms with Gasteiger partial charge in [-0.05, 0) is 66.7 Å². The van der Waals surface area contributed by atoms with E-state index in [1.54, 1.807) is 42.5 Å². The van der Waals surface area contributed by atoms with E-state index in [0.29, 0.717) is 44.6 Å². The van der Waals surface area contributed by atoms with Crippen molar-refractivity contribution in [1.29, 1.82) is 0 Å². The summed E-state index contributed by atoms with van der Waals surface area (Å²) in [7, 11) is 1.47. The first kappa shape index (κ1) is 23.7. The van der Waals surface area contributed by atoms with Crippen LogP contribution in [-0.2, 0) is 0 Å². The quantitative estimate of drug-likeness (QED) is 0.166. The molecule has 36 heavy (non-hydrogen) atoms. The standard InChI is InChI=1S/C27H18BrClN4O3/c1-35-25-14-22(33-32-20-7-5-18(28)6-8-20)12-17(26(25)34)15-30-21-9-10-24-23(13-21)31-27(36-24)16-3-2-4-19(29)11-16/h2-15,34H,1H3. The number of aliphatic imine (C=N–C) groups is 1. The third kappa shape index (κ3) is 5.30. The van der Waals surface area contributed by atoms with Crippen LogP contribution in [0.15, 0.2) is 103 Å². The van der Waals surface area contributed by atoms with Crippen LogP contribution in [0, 0.1) is 0 Å². The molecule has 0 bridgehead atoms. The lowest BCUT2D eigenvalue weighted by atomic mass is 10.1. The van der Waals surface area contributed by atoms with Crippen molar-refractivity contribution in [2.45, 2.75) is 0 Å². The molecule has 5 aromatic rings. The zero-order chi connectivity index (χ0) is 25.1. The van der Waals surface area contributed by atoms with Crippen molar-refractivity contribution in [1.82, 2.24) is 4.98 Å². The van der Waals surface area contributed by atoms with Gasteiger partial charge >= 0.3 is 0 Å². The number of hydrogen-bond donors (Lipinski definition) is 1. The summed E-state index contributed by atoms with van der Waals surface area (Å²) in [5.41, 5.74) is 4.33. The Morgan fingerprint density at radius 1 is 0.944 bits per heavy atom. The molecule has 0 saturated carbocycles. The SMILES string of the molecule is COc1cc(N=Nc2ccc(Br)cc2)cc(C=Nc2ccc3oc(-c4cccc(Cl)c4)nc3c2)c1O. The molecule has 1 N–H and O–H groups in total. The number of azo groups is 1. The van der Waals surface area contributed by atoms with Gasteiger partial charge in [-0.1, -0.05) is 33.6 Å². The van der Waals surface area contributed by atoms with Gasteiger partial charge in [0, 0.05) is 32.9 Å². The van der Waals surface area contributed by atoms with Crippen molar-refractivity contribution >= 4 is 61.9 Å². The molecule has 0 aliphatic carbocycles. The number of benzene rings is 4. The fourth-order valence-electron chi connectivity index (χ4n) is 3.43. The third-order valence-electron chi connectivity index (χ3n) is 5.21. The molecule has 1 aromatic heterocycles. The lowest BCUT2D eigenvalue weighted by molar-refractivity contribution is 0.373. The molecular formula is C27H18BrClN4O3. The lowest BCUT2D eigenvalue weighted by Gasteiger charge is -2.07. The summed E-state index contributed by atoms with van der Waals surface area (Å²) < 4.78 is 12.1. The summed E-state index contributed by atoms with van der Waals surface area (Å²) in [6.45, 7) is 0. The smallest absolute Gasteiger partial charge is 0.227 e. The van der Waals surface area contributed by atoms with Crippen molar-refractivity contribution in [3.05, 3.63) is 93.9 Å². The number of oxazole rings is 1. The predicted octanol–water partition coefficient (Wildman–Crippen LogP) is 8.79. The average Bonchev–Trinajstić information content (AvgIpc) is 3.32. The Morgan fingerprint density at radius 2 is 1.72 bits per heavy atom. The van der Waals surface area contributed by atoms with Crippen LogP contribution in [0.25, 0.3) is 22.6 Å². The Hall–Kier alpha value is -4.01. The number of nitrogens with zero attached hydrogens (tertiary/aromatic N) is 4. The van der Waals surface area contributed by atoms with E-state index in [9.17, 15) is 5.11 Å². The van der Waals surface area contributed by atoms with Crippen LogP contribution in [0.4, 0.5) is 17.1 Å². The first-order chi connectivity index (χ1) is 17.5. The third-order valence-corrected chi connectivity index (χ3v) is 5.98. The van der Waals surface area contributed by atoms with E-state index in [1.165, 1.54) is 13.3 Å². The molecule has 0 atom stereocenters. The van der Waals surface area contributed by atoms with Gasteiger partial charge in [0.1, 0.15) is 5.52 Å². The van der Waals surface area contributed by atoms with Gasteiger partial charge in [-0.25, -0.2) is 4.98 Å². The molecule has 9 heteroatoms. The highest BCUT2D eigenvalue weighted by atomic mass is 79.9. The molecule has 0 unspecified atom stereocenters. The monoisotopic (exact) mass is 560 g/mol. The molecule has 0 fully saturated rings. The molecule has 0 saturated heterocycles. The van der Waals surface area contributed by atoms with Gasteiger partial charge in [0.15, 0.2) is 17.1 Å². The fourth-order valence-corrected chi connectivity index (χ4v) is 3.89. The fraction of sp³-hybridized carbons (Fsp3) is 0.0370. The van der Waals surface area contributed by atoms with Crippen LogP contribution >= 0.6 is 27.5 Å². The predicted molar refractivity (Wildman–Crippen MR) is 145 cm³/mol. The summed E-state index contributed by atoms with van der Waals surface area (Å²) in [5.74, 6) is 0.691. The molecule has 0 aliphatic heterocycles. The molecule has 7 nitrogen and oxygen atoms in total. The van der Waals surface area contributed by atoms with Crippen molar-refractivity contribution < 1.29 is 14.3 Å². The van der Waals surface area contributed by atoms with Gasteiger partial charge in [-0.2, -0.15) is 10.2 Å². The molecule has 0 amide bonds. The summed E-state index contributed by atoms with van der Waals surface area (Å²) >= 11 is 9.48. The van der Waals surface area contributed by atoms with Crippen LogP contribution in [0.5, 0.6) is 11.5 Å². The number of halogens is 2. The van der Waals surface area contributed by atoms with Gasteiger partial charge in [0.05, 0.1) is 24.2 Å². The second kappa shape index (κ2) is 10.3. The van der Waals surface area contributed by atoms with E-state index >= 15 is 0 Å². The number of methoxy groups -OCH3 is 1. The highest BCUT2D eigenvalue weighted by Crippen LogP contribution is 2.35. The van der Waals surface area contributed by atoms with Gasteiger partial charge in [0.2, 0.25) is 5.89 Å². The Bertz CT molecular complexity index is 1610. The molecule has 0 aliphatic rings. The molecule has 178 valence electrons. The van der Waals surface area contributed by atoms with Crippen molar-refractivity contribution in [2.24, 2.45) is 15.2 Å². The molecular weight excluding hydrogens is 544 g/mol. The zero-order valence-corrected chi connectivity index (χ0v) is 21.2. The maximum absolute atomic E-state index is 10.6. The van der Waals surface area contributed by atoms with Crippen LogP contribution in [-0.4, -0.2) is 23.4 Å². The molecule has 5 rings (SSSR count). The zero-order valence-electron chi connectivity index (χ0n) is 18.9. The number of aromatic nitrogens is 1. The van der Waals surface area contributed by atoms with Crippen molar-refractivity contribution in [2.75, 3.05) is 7.11 Å². The second-order valence-corrected chi connectivity index (χ2v) is 9.05. The van der Waals surface area contributed by atoms with Crippen LogP contribution in [0.2, 0.25) is 5.02 Å². The molecule has 1 heterocycles. The number of fused-ring (bicyclic) bond motifs is 1. The van der Waals surface area contributed by atoms with Crippen LogP contribution in [0.3, 0.4) is 0 Å². The van der Waals surface area contributed by atoms with Gasteiger partial charge < -0.3 is 14.3 Å². The van der Waals surface area contributed by atoms with Crippen molar-refractivity contribution in [3.8, 4) is 23.0 Å². The largest absolute Gasteiger partial charge is 0.504 e. The minimum atomic E-state index is -0.0467. The average molecular weight is 562 g/mol. The van der Waals surface area contributed by atoms with Gasteiger partial charge in [-0.15, -0.1) is 0 Å². The van der Waals surface area contributed by atoms with Crippen LogP contribution < -0.4 is 4.74 Å². The summed E-state index contributed by atoms with van der Waals surface area (Å²) in [4.78, 5) is 9.07. The lowest BCUT2D eigenvalue weighted by Crippen LogP contribution is -1.89. The number of ether oxygens (including phenoxy) is 1.